The maximum Gasteiger partial charge on any atom is 0.152 e. The number of aromatic nitrogens is 3. The summed E-state index contributed by atoms with van der Waals surface area (Å²) in [5.74, 6) is 2.48. The number of nitrogens with zero attached hydrogens (tertiary/aromatic N) is 4. The molecule has 0 atom stereocenters. The molecular formula is C23H26N4O. The molecule has 1 aliphatic carbocycles. The van der Waals surface area contributed by atoms with E-state index in [4.69, 9.17) is 14.4 Å². The highest BCUT2D eigenvalue weighted by molar-refractivity contribution is 5.51. The second-order valence-electron chi connectivity index (χ2n) is 8.02. The fraction of sp³-hybridized carbons (Fsp3) is 0.435. The minimum atomic E-state index is 0.579. The molecule has 5 rings (SSSR count). The van der Waals surface area contributed by atoms with E-state index in [1.165, 1.54) is 48.9 Å². The van der Waals surface area contributed by atoms with E-state index in [2.05, 4.69) is 22.1 Å². The summed E-state index contributed by atoms with van der Waals surface area (Å²) in [5, 5.41) is 0. The van der Waals surface area contributed by atoms with E-state index in [0.29, 0.717) is 5.92 Å². The molecule has 0 amide bonds. The predicted molar refractivity (Wildman–Crippen MR) is 108 cm³/mol. The van der Waals surface area contributed by atoms with Gasteiger partial charge in [0.15, 0.2) is 5.76 Å². The zero-order valence-corrected chi connectivity index (χ0v) is 16.2. The Morgan fingerprint density at radius 2 is 1.96 bits per heavy atom. The molecule has 0 unspecified atom stereocenters. The van der Waals surface area contributed by atoms with Gasteiger partial charge in [0.2, 0.25) is 0 Å². The van der Waals surface area contributed by atoms with Gasteiger partial charge in [0.25, 0.3) is 0 Å². The number of pyridine rings is 1. The van der Waals surface area contributed by atoms with Crippen molar-refractivity contribution in [3.05, 3.63) is 65.6 Å². The van der Waals surface area contributed by atoms with E-state index < -0.39 is 0 Å². The summed E-state index contributed by atoms with van der Waals surface area (Å²) >= 11 is 0. The van der Waals surface area contributed by atoms with Crippen LogP contribution < -0.4 is 0 Å². The van der Waals surface area contributed by atoms with Gasteiger partial charge >= 0.3 is 0 Å². The summed E-state index contributed by atoms with van der Waals surface area (Å²) in [4.78, 5) is 16.7. The van der Waals surface area contributed by atoms with Crippen LogP contribution in [-0.2, 0) is 19.5 Å². The molecule has 144 valence electrons. The van der Waals surface area contributed by atoms with Crippen molar-refractivity contribution in [3.8, 4) is 11.5 Å². The fourth-order valence-electron chi connectivity index (χ4n) is 4.43. The highest BCUT2D eigenvalue weighted by atomic mass is 16.3. The number of hydrogen-bond donors (Lipinski definition) is 0. The number of furan rings is 1. The van der Waals surface area contributed by atoms with Gasteiger partial charge in [-0.15, -0.1) is 0 Å². The van der Waals surface area contributed by atoms with Gasteiger partial charge in [-0.05, 0) is 36.6 Å². The predicted octanol–water partition coefficient (Wildman–Crippen LogP) is 4.74. The third-order valence-electron chi connectivity index (χ3n) is 6.01. The van der Waals surface area contributed by atoms with Gasteiger partial charge in [-0.1, -0.05) is 25.3 Å². The van der Waals surface area contributed by atoms with E-state index in [-0.39, 0.29) is 0 Å². The van der Waals surface area contributed by atoms with Crippen molar-refractivity contribution >= 4 is 0 Å². The summed E-state index contributed by atoms with van der Waals surface area (Å²) in [6.45, 7) is 2.85. The molecule has 2 aliphatic rings. The van der Waals surface area contributed by atoms with Gasteiger partial charge in [-0.2, -0.15) is 0 Å². The second kappa shape index (κ2) is 7.84. The molecule has 0 N–H and O–H groups in total. The van der Waals surface area contributed by atoms with Crippen molar-refractivity contribution in [2.45, 2.75) is 57.5 Å². The van der Waals surface area contributed by atoms with E-state index in [1.807, 2.05) is 24.4 Å². The fourth-order valence-corrected chi connectivity index (χ4v) is 4.43. The molecule has 5 nitrogen and oxygen atoms in total. The molecule has 1 fully saturated rings. The van der Waals surface area contributed by atoms with Crippen LogP contribution in [0.25, 0.3) is 11.5 Å². The lowest BCUT2D eigenvalue weighted by Crippen LogP contribution is -2.31. The van der Waals surface area contributed by atoms with Crippen LogP contribution in [-0.4, -0.2) is 26.4 Å². The average Bonchev–Trinajstić information content (AvgIpc) is 3.29. The molecule has 0 radical (unpaired) electrons. The first-order chi connectivity index (χ1) is 13.8. The third kappa shape index (κ3) is 3.72. The largest absolute Gasteiger partial charge is 0.463 e. The summed E-state index contributed by atoms with van der Waals surface area (Å²) in [6, 6.07) is 8.00. The molecule has 0 bridgehead atoms. The minimum Gasteiger partial charge on any atom is -0.463 e. The molecule has 28 heavy (non-hydrogen) atoms. The van der Waals surface area contributed by atoms with Gasteiger partial charge in [0, 0.05) is 55.6 Å². The van der Waals surface area contributed by atoms with Crippen molar-refractivity contribution in [3.63, 3.8) is 0 Å². The number of rotatable bonds is 4. The Labute approximate surface area is 165 Å². The van der Waals surface area contributed by atoms with Crippen LogP contribution >= 0.6 is 0 Å². The van der Waals surface area contributed by atoms with Gasteiger partial charge < -0.3 is 4.42 Å². The Morgan fingerprint density at radius 1 is 1.04 bits per heavy atom. The van der Waals surface area contributed by atoms with Crippen molar-refractivity contribution in [2.75, 3.05) is 6.54 Å². The van der Waals surface area contributed by atoms with Crippen LogP contribution in [0.15, 0.2) is 47.3 Å². The first kappa shape index (κ1) is 17.6. The monoisotopic (exact) mass is 374 g/mol. The smallest absolute Gasteiger partial charge is 0.152 e. The normalized spacial score (nSPS) is 18.1. The molecule has 5 heteroatoms. The first-order valence-electron chi connectivity index (χ1n) is 10.4. The van der Waals surface area contributed by atoms with E-state index >= 15 is 0 Å². The van der Waals surface area contributed by atoms with Gasteiger partial charge in [-0.3, -0.25) is 9.88 Å². The highest BCUT2D eigenvalue weighted by Crippen LogP contribution is 2.31. The Morgan fingerprint density at radius 3 is 2.75 bits per heavy atom. The molecule has 4 heterocycles. The second-order valence-corrected chi connectivity index (χ2v) is 8.02. The third-order valence-corrected chi connectivity index (χ3v) is 6.01. The lowest BCUT2D eigenvalue weighted by atomic mass is 9.88. The molecule has 0 spiro atoms. The van der Waals surface area contributed by atoms with Gasteiger partial charge in [-0.25, -0.2) is 9.97 Å². The minimum absolute atomic E-state index is 0.579. The SMILES string of the molecule is c1coc(-c2ccc(CN3CCc4nc(C5CCCCC5)ncc4C3)cn2)c1. The molecule has 0 aromatic carbocycles. The molecule has 1 saturated carbocycles. The standard InChI is InChI=1S/C23H26N4O/c1-2-5-18(6-3-1)23-25-14-19-16-27(11-10-20(19)26-23)15-17-8-9-21(24-13-17)22-7-4-12-28-22/h4,7-9,12-14,18H,1-3,5-6,10-11,15-16H2. The Balaban J connectivity index is 1.24. The Bertz CT molecular complexity index is 914. The maximum atomic E-state index is 5.41. The maximum absolute atomic E-state index is 5.41. The van der Waals surface area contributed by atoms with Crippen LogP contribution in [0.4, 0.5) is 0 Å². The van der Waals surface area contributed by atoms with Crippen molar-refractivity contribution in [1.82, 2.24) is 19.9 Å². The van der Waals surface area contributed by atoms with Crippen molar-refractivity contribution in [1.29, 1.82) is 0 Å². The topological polar surface area (TPSA) is 55.1 Å². The van der Waals surface area contributed by atoms with Crippen LogP contribution in [0.3, 0.4) is 0 Å². The Hall–Kier alpha value is -2.53. The van der Waals surface area contributed by atoms with Gasteiger partial charge in [0.05, 0.1) is 6.26 Å². The van der Waals surface area contributed by atoms with E-state index in [1.54, 1.807) is 6.26 Å². The van der Waals surface area contributed by atoms with Crippen LogP contribution in [0.5, 0.6) is 0 Å². The number of fused-ring (bicyclic) bond motifs is 1. The summed E-state index contributed by atoms with van der Waals surface area (Å²) in [7, 11) is 0. The zero-order valence-electron chi connectivity index (χ0n) is 16.2. The summed E-state index contributed by atoms with van der Waals surface area (Å²) in [6.07, 6.45) is 13.3. The molecular weight excluding hydrogens is 348 g/mol. The van der Waals surface area contributed by atoms with Crippen LogP contribution in [0, 0.1) is 0 Å². The van der Waals surface area contributed by atoms with Crippen LogP contribution in [0.2, 0.25) is 0 Å². The van der Waals surface area contributed by atoms with Crippen molar-refractivity contribution < 1.29 is 4.42 Å². The van der Waals surface area contributed by atoms with Crippen molar-refractivity contribution in [2.24, 2.45) is 0 Å². The summed E-state index contributed by atoms with van der Waals surface area (Å²) in [5.41, 5.74) is 4.64. The zero-order chi connectivity index (χ0) is 18.8. The molecule has 0 saturated heterocycles. The Kier molecular flexibility index (Phi) is 4.92. The molecule has 3 aromatic rings. The number of hydrogen-bond acceptors (Lipinski definition) is 5. The molecule has 1 aliphatic heterocycles. The average molecular weight is 374 g/mol. The van der Waals surface area contributed by atoms with Crippen LogP contribution in [0.1, 0.15) is 60.7 Å². The first-order valence-corrected chi connectivity index (χ1v) is 10.4. The van der Waals surface area contributed by atoms with Gasteiger partial charge in [0.1, 0.15) is 11.5 Å². The summed E-state index contributed by atoms with van der Waals surface area (Å²) < 4.78 is 5.41. The lowest BCUT2D eigenvalue weighted by molar-refractivity contribution is 0.242. The van der Waals surface area contributed by atoms with E-state index in [9.17, 15) is 0 Å². The lowest BCUT2D eigenvalue weighted by Gasteiger charge is -2.29. The van der Waals surface area contributed by atoms with E-state index in [0.717, 1.165) is 43.3 Å². The highest BCUT2D eigenvalue weighted by Gasteiger charge is 2.22. The molecule has 3 aromatic heterocycles. The quantitative estimate of drug-likeness (QED) is 0.660.